The summed E-state index contributed by atoms with van der Waals surface area (Å²) in [5.41, 5.74) is -0.143. The van der Waals surface area contributed by atoms with Crippen molar-refractivity contribution in [3.8, 4) is 0 Å². The number of thioether (sulfide) groups is 1. The summed E-state index contributed by atoms with van der Waals surface area (Å²) in [5, 5.41) is 2.94. The number of rotatable bonds is 5. The first-order valence-corrected chi connectivity index (χ1v) is 7.75. The maximum Gasteiger partial charge on any atom is 0.197 e. The summed E-state index contributed by atoms with van der Waals surface area (Å²) in [4.78, 5) is 31.7. The normalized spacial score (nSPS) is 14.9. The molecule has 1 aromatic heterocycles. The van der Waals surface area contributed by atoms with E-state index in [1.807, 2.05) is 22.6 Å². The highest BCUT2D eigenvalue weighted by atomic mass is 127. The highest BCUT2D eigenvalue weighted by Gasteiger charge is 2.25. The summed E-state index contributed by atoms with van der Waals surface area (Å²) in [6.07, 6.45) is 2.87. The lowest BCUT2D eigenvalue weighted by Gasteiger charge is -2.08. The van der Waals surface area contributed by atoms with E-state index in [2.05, 4.69) is 15.1 Å². The van der Waals surface area contributed by atoms with Gasteiger partial charge in [0.2, 0.25) is 0 Å². The number of hydrogen-bond donors (Lipinski definition) is 0. The van der Waals surface area contributed by atoms with Gasteiger partial charge in [0.25, 0.3) is 0 Å². The van der Waals surface area contributed by atoms with Gasteiger partial charge in [-0.05, 0) is 47.0 Å². The van der Waals surface area contributed by atoms with Crippen molar-refractivity contribution in [1.29, 1.82) is 0 Å². The van der Waals surface area contributed by atoms with Crippen LogP contribution in [0.3, 0.4) is 0 Å². The number of nitroso groups, excluding NO2 is 1. The molecule has 0 saturated carbocycles. The van der Waals surface area contributed by atoms with Crippen LogP contribution in [0.2, 0.25) is 0 Å². The molecule has 0 aliphatic heterocycles. The Kier molecular flexibility index (Phi) is 4.27. The average Bonchev–Trinajstić information content (AvgIpc) is 2.54. The lowest BCUT2D eigenvalue weighted by molar-refractivity contribution is 0.0960. The van der Waals surface area contributed by atoms with Gasteiger partial charge in [0.15, 0.2) is 17.0 Å². The van der Waals surface area contributed by atoms with Crippen LogP contribution in [0, 0.1) is 8.48 Å². The second-order valence-electron chi connectivity index (χ2n) is 3.63. The van der Waals surface area contributed by atoms with Crippen molar-refractivity contribution in [3.05, 3.63) is 56.2 Å². The number of halogens is 1. The maximum atomic E-state index is 12.6. The molecule has 1 heterocycles. The molecule has 0 spiro atoms. The van der Waals surface area contributed by atoms with Crippen molar-refractivity contribution in [2.75, 3.05) is 6.26 Å². The molecule has 0 amide bonds. The second-order valence-corrected chi connectivity index (χ2v) is 5.65. The first kappa shape index (κ1) is 12.4. The van der Waals surface area contributed by atoms with Crippen molar-refractivity contribution >= 4 is 40.1 Å². The van der Waals surface area contributed by atoms with E-state index in [4.69, 9.17) is 2.74 Å². The van der Waals surface area contributed by atoms with Gasteiger partial charge in [-0.1, -0.05) is 29.1 Å². The molecule has 5 nitrogen and oxygen atoms in total. The fourth-order valence-corrected chi connectivity index (χ4v) is 2.37. The Labute approximate surface area is 136 Å². The van der Waals surface area contributed by atoms with Gasteiger partial charge in [0.05, 0.1) is 8.44 Å². The Balaban J connectivity index is 2.57. The van der Waals surface area contributed by atoms with Crippen molar-refractivity contribution in [2.45, 2.75) is 11.2 Å². The second kappa shape index (κ2) is 6.89. The molecular weight excluding hydrogens is 389 g/mol. The Bertz CT molecular complexity index is 747. The zero-order chi connectivity index (χ0) is 16.3. The molecule has 1 atom stereocenters. The van der Waals surface area contributed by atoms with Crippen LogP contribution in [0.15, 0.2) is 46.8 Å². The molecule has 102 valence electrons. The van der Waals surface area contributed by atoms with E-state index < -0.39 is 11.8 Å². The zero-order valence-corrected chi connectivity index (χ0v) is 13.3. The first-order valence-electron chi connectivity index (χ1n) is 6.45. The Morgan fingerprint density at radius 1 is 1.60 bits per heavy atom. The summed E-state index contributed by atoms with van der Waals surface area (Å²) in [5.74, 6) is -0.819. The van der Waals surface area contributed by atoms with Crippen LogP contribution in [-0.2, 0) is 0 Å². The molecule has 0 aliphatic rings. The maximum absolute atomic E-state index is 12.6. The molecule has 7 heteroatoms. The molecule has 0 radical (unpaired) electrons. The monoisotopic (exact) mass is 401 g/mol. The first-order chi connectivity index (χ1) is 10.4. The van der Waals surface area contributed by atoms with Crippen molar-refractivity contribution in [3.63, 3.8) is 0 Å². The third kappa shape index (κ3) is 3.40. The lowest BCUT2D eigenvalue weighted by Crippen LogP contribution is -2.12. The van der Waals surface area contributed by atoms with Crippen LogP contribution in [0.5, 0.6) is 0 Å². The van der Waals surface area contributed by atoms with Gasteiger partial charge in [-0.25, -0.2) is 9.97 Å². The van der Waals surface area contributed by atoms with Crippen molar-refractivity contribution in [2.24, 2.45) is 5.18 Å². The topological polar surface area (TPSA) is 72.3 Å². The molecule has 0 N–H and O–H groups in total. The summed E-state index contributed by atoms with van der Waals surface area (Å²) in [7, 11) is 0. The number of Topliss-reactive ketones (excluding diaryl/α,β-unsaturated/α-hetero) is 1. The van der Waals surface area contributed by atoms with E-state index in [1.54, 1.807) is 24.5 Å². The third-order valence-electron chi connectivity index (χ3n) is 2.38. The molecule has 0 aliphatic carbocycles. The fraction of sp³-hybridized carbons (Fsp3) is 0.154. The molecule has 0 saturated heterocycles. The zero-order valence-electron chi connectivity index (χ0n) is 12.3. The minimum Gasteiger partial charge on any atom is -0.291 e. The molecule has 0 bridgehead atoms. The van der Waals surface area contributed by atoms with Crippen LogP contribution in [0.25, 0.3) is 0 Å². The highest BCUT2D eigenvalue weighted by molar-refractivity contribution is 14.1. The number of carbonyl (C=O) groups excluding carboxylic acids is 1. The summed E-state index contributed by atoms with van der Waals surface area (Å²) in [6.45, 7) is 0. The molecule has 2 rings (SSSR count). The van der Waals surface area contributed by atoms with Gasteiger partial charge in [-0.15, -0.1) is 4.91 Å². The Morgan fingerprint density at radius 2 is 2.40 bits per heavy atom. The molecule has 1 unspecified atom stereocenters. The van der Waals surface area contributed by atoms with Crippen LogP contribution in [0.4, 0.5) is 0 Å². The van der Waals surface area contributed by atoms with E-state index >= 15 is 0 Å². The molecule has 1 aromatic carbocycles. The van der Waals surface area contributed by atoms with E-state index in [9.17, 15) is 9.70 Å². The number of carbonyl (C=O) groups is 1. The summed E-state index contributed by atoms with van der Waals surface area (Å²) < 4.78 is 16.8. The summed E-state index contributed by atoms with van der Waals surface area (Å²) in [6, 6.07) is 3.71. The van der Waals surface area contributed by atoms with Crippen LogP contribution >= 0.6 is 34.4 Å². The van der Waals surface area contributed by atoms with E-state index in [-0.39, 0.29) is 22.5 Å². The van der Waals surface area contributed by atoms with Gasteiger partial charge in [0.1, 0.15) is 0 Å². The third-order valence-corrected chi connectivity index (χ3v) is 3.62. The fourth-order valence-electron chi connectivity index (χ4n) is 1.48. The molecular formula is C13H10IN3O2S. The standard InChI is InChI=1S/C13H10IN3O2S/c1-20-13-15-6-5-10(16-13)11(17-19)12(18)8-3-2-4-9(14)7-8/h2-7,11H,1H3/i5D,11D. The largest absolute Gasteiger partial charge is 0.291 e. The highest BCUT2D eigenvalue weighted by Crippen LogP contribution is 2.22. The van der Waals surface area contributed by atoms with E-state index in [1.165, 1.54) is 17.8 Å². The smallest absolute Gasteiger partial charge is 0.197 e. The quantitative estimate of drug-likeness (QED) is 0.252. The molecule has 0 fully saturated rings. The van der Waals surface area contributed by atoms with Gasteiger partial charge in [-0.2, -0.15) is 0 Å². The lowest BCUT2D eigenvalue weighted by atomic mass is 10.0. The number of aromatic nitrogens is 2. The minimum absolute atomic E-state index is 0.171. The predicted molar refractivity (Wildman–Crippen MR) is 85.8 cm³/mol. The van der Waals surface area contributed by atoms with Crippen LogP contribution in [-0.4, -0.2) is 22.0 Å². The van der Waals surface area contributed by atoms with Crippen molar-refractivity contribution in [1.82, 2.24) is 9.97 Å². The van der Waals surface area contributed by atoms with E-state index in [0.29, 0.717) is 0 Å². The molecule has 2 aromatic rings. The summed E-state index contributed by atoms with van der Waals surface area (Å²) >= 11 is 3.21. The number of benzene rings is 1. The average molecular weight is 401 g/mol. The number of hydrogen-bond acceptors (Lipinski definition) is 6. The van der Waals surface area contributed by atoms with Crippen LogP contribution in [0.1, 0.15) is 24.8 Å². The Morgan fingerprint density at radius 3 is 3.05 bits per heavy atom. The SMILES string of the molecule is [2H]c1cnc(SC)nc1C([2H])(N=O)C(=O)c1cccc(I)c1. The Hall–Kier alpha value is -1.35. The van der Waals surface area contributed by atoms with Crippen LogP contribution < -0.4 is 0 Å². The van der Waals surface area contributed by atoms with Gasteiger partial charge in [-0.3, -0.25) is 4.79 Å². The number of ketones is 1. The number of nitrogens with zero attached hydrogens (tertiary/aromatic N) is 3. The van der Waals surface area contributed by atoms with Gasteiger partial charge < -0.3 is 0 Å². The van der Waals surface area contributed by atoms with E-state index in [0.717, 1.165) is 9.77 Å². The van der Waals surface area contributed by atoms with Gasteiger partial charge >= 0.3 is 0 Å². The van der Waals surface area contributed by atoms with Crippen molar-refractivity contribution < 1.29 is 7.54 Å². The van der Waals surface area contributed by atoms with Gasteiger partial charge in [0, 0.05) is 15.3 Å². The predicted octanol–water partition coefficient (Wildman–Crippen LogP) is 3.49. The minimum atomic E-state index is -2.51. The molecule has 20 heavy (non-hydrogen) atoms.